The van der Waals surface area contributed by atoms with Gasteiger partial charge in [0.15, 0.2) is 0 Å². The summed E-state index contributed by atoms with van der Waals surface area (Å²) in [6.07, 6.45) is 0. The molecule has 0 unspecified atom stereocenters. The van der Waals surface area contributed by atoms with E-state index in [0.717, 1.165) is 16.3 Å². The highest BCUT2D eigenvalue weighted by atomic mass is 32.1. The third-order valence-corrected chi connectivity index (χ3v) is 3.93. The largest absolute Gasteiger partial charge is 0.349 e. The topological polar surface area (TPSA) is 68.0 Å². The summed E-state index contributed by atoms with van der Waals surface area (Å²) in [5.41, 5.74) is 7.23. The minimum absolute atomic E-state index is 0.110. The van der Waals surface area contributed by atoms with Crippen LogP contribution in [0.3, 0.4) is 0 Å². The van der Waals surface area contributed by atoms with Gasteiger partial charge in [-0.2, -0.15) is 0 Å². The van der Waals surface area contributed by atoms with Crippen LogP contribution in [0.15, 0.2) is 30.3 Å². The molecular formula is C15H19N3OS. The van der Waals surface area contributed by atoms with Crippen molar-refractivity contribution < 1.29 is 4.79 Å². The van der Waals surface area contributed by atoms with E-state index in [1.54, 1.807) is 0 Å². The molecule has 0 aliphatic carbocycles. The first-order chi connectivity index (χ1) is 9.37. The van der Waals surface area contributed by atoms with E-state index in [9.17, 15) is 4.79 Å². The zero-order valence-electron chi connectivity index (χ0n) is 11.9. The van der Waals surface area contributed by atoms with E-state index >= 15 is 0 Å². The predicted molar refractivity (Wildman–Crippen MR) is 82.9 cm³/mol. The summed E-state index contributed by atoms with van der Waals surface area (Å²) >= 11 is 1.41. The van der Waals surface area contributed by atoms with E-state index < -0.39 is 5.54 Å². The van der Waals surface area contributed by atoms with Gasteiger partial charge in [0.2, 0.25) is 0 Å². The summed E-state index contributed by atoms with van der Waals surface area (Å²) in [7, 11) is 0. The van der Waals surface area contributed by atoms with Gasteiger partial charge >= 0.3 is 0 Å². The first-order valence-corrected chi connectivity index (χ1v) is 7.28. The molecule has 0 aliphatic rings. The van der Waals surface area contributed by atoms with Crippen molar-refractivity contribution in [1.82, 2.24) is 10.3 Å². The minimum Gasteiger partial charge on any atom is -0.349 e. The lowest BCUT2D eigenvalue weighted by Crippen LogP contribution is -2.45. The Morgan fingerprint density at radius 1 is 1.35 bits per heavy atom. The number of benzene rings is 1. The fourth-order valence-electron chi connectivity index (χ4n) is 1.70. The molecule has 1 aromatic carbocycles. The lowest BCUT2D eigenvalue weighted by molar-refractivity contribution is 0.0949. The van der Waals surface area contributed by atoms with Gasteiger partial charge in [0.1, 0.15) is 9.88 Å². The molecule has 0 fully saturated rings. The molecule has 1 amide bonds. The Labute approximate surface area is 123 Å². The molecule has 106 valence electrons. The fourth-order valence-corrected chi connectivity index (χ4v) is 2.69. The fraction of sp³-hybridized carbons (Fsp3) is 0.333. The number of carbonyl (C=O) groups is 1. The minimum atomic E-state index is -0.420. The van der Waals surface area contributed by atoms with Gasteiger partial charge in [-0.3, -0.25) is 4.79 Å². The second kappa shape index (κ2) is 5.73. The molecule has 0 atom stereocenters. The number of nitrogens with one attached hydrogen (secondary N) is 1. The van der Waals surface area contributed by atoms with Gasteiger partial charge < -0.3 is 11.1 Å². The number of carbonyl (C=O) groups excluding carboxylic acids is 1. The zero-order valence-corrected chi connectivity index (χ0v) is 12.8. The van der Waals surface area contributed by atoms with E-state index in [0.29, 0.717) is 11.4 Å². The molecule has 0 saturated carbocycles. The maximum atomic E-state index is 12.2. The Hall–Kier alpha value is -1.72. The normalized spacial score (nSPS) is 11.4. The zero-order chi connectivity index (χ0) is 14.8. The van der Waals surface area contributed by atoms with E-state index in [2.05, 4.69) is 10.3 Å². The number of aryl methyl sites for hydroxylation is 1. The Kier molecular flexibility index (Phi) is 4.20. The van der Waals surface area contributed by atoms with Gasteiger partial charge in [0.05, 0.1) is 5.69 Å². The molecule has 5 heteroatoms. The van der Waals surface area contributed by atoms with Crippen LogP contribution in [0.2, 0.25) is 0 Å². The van der Waals surface area contributed by atoms with Crippen molar-refractivity contribution in [1.29, 1.82) is 0 Å². The highest BCUT2D eigenvalue weighted by Gasteiger charge is 2.18. The van der Waals surface area contributed by atoms with Crippen LogP contribution in [0.5, 0.6) is 0 Å². The van der Waals surface area contributed by atoms with Crippen LogP contribution in [-0.4, -0.2) is 23.0 Å². The molecule has 0 saturated heterocycles. The molecule has 0 bridgehead atoms. The summed E-state index contributed by atoms with van der Waals surface area (Å²) in [6, 6.07) is 9.86. The molecule has 1 aromatic heterocycles. The number of hydrogen-bond acceptors (Lipinski definition) is 4. The average Bonchev–Trinajstić information content (AvgIpc) is 2.78. The third-order valence-electron chi connectivity index (χ3n) is 2.73. The quantitative estimate of drug-likeness (QED) is 0.909. The molecule has 1 heterocycles. The molecule has 2 rings (SSSR count). The molecule has 4 nitrogen and oxygen atoms in total. The molecule has 0 radical (unpaired) electrons. The Morgan fingerprint density at radius 3 is 2.60 bits per heavy atom. The van der Waals surface area contributed by atoms with Crippen LogP contribution in [-0.2, 0) is 0 Å². The van der Waals surface area contributed by atoms with Gasteiger partial charge in [-0.05, 0) is 20.8 Å². The van der Waals surface area contributed by atoms with Crippen LogP contribution < -0.4 is 11.1 Å². The number of hydrogen-bond donors (Lipinski definition) is 2. The SMILES string of the molecule is Cc1nc(-c2ccccc2)sc1C(=O)NCC(C)(C)N. The van der Waals surface area contributed by atoms with E-state index in [1.165, 1.54) is 11.3 Å². The van der Waals surface area contributed by atoms with Crippen molar-refractivity contribution >= 4 is 17.2 Å². The lowest BCUT2D eigenvalue weighted by atomic mass is 10.1. The lowest BCUT2D eigenvalue weighted by Gasteiger charge is -2.18. The number of amides is 1. The number of rotatable bonds is 4. The van der Waals surface area contributed by atoms with Crippen LogP contribution >= 0.6 is 11.3 Å². The summed E-state index contributed by atoms with van der Waals surface area (Å²) < 4.78 is 0. The number of nitrogens with two attached hydrogens (primary N) is 1. The number of aromatic nitrogens is 1. The van der Waals surface area contributed by atoms with Gasteiger partial charge in [0, 0.05) is 17.6 Å². The van der Waals surface area contributed by atoms with E-state index in [-0.39, 0.29) is 5.91 Å². The Balaban J connectivity index is 2.18. The predicted octanol–water partition coefficient (Wildman–Crippen LogP) is 2.59. The number of nitrogens with zero attached hydrogens (tertiary/aromatic N) is 1. The van der Waals surface area contributed by atoms with Crippen molar-refractivity contribution in [3.05, 3.63) is 40.9 Å². The van der Waals surface area contributed by atoms with Gasteiger partial charge in [-0.1, -0.05) is 30.3 Å². The molecular weight excluding hydrogens is 270 g/mol. The highest BCUT2D eigenvalue weighted by molar-refractivity contribution is 7.17. The van der Waals surface area contributed by atoms with Crippen molar-refractivity contribution in [3.8, 4) is 10.6 Å². The second-order valence-corrected chi connectivity index (χ2v) is 6.47. The molecule has 2 aromatic rings. The Bertz CT molecular complexity index is 599. The average molecular weight is 289 g/mol. The molecule has 20 heavy (non-hydrogen) atoms. The van der Waals surface area contributed by atoms with Crippen LogP contribution in [0.4, 0.5) is 0 Å². The highest BCUT2D eigenvalue weighted by Crippen LogP contribution is 2.27. The van der Waals surface area contributed by atoms with Crippen LogP contribution in [0.1, 0.15) is 29.2 Å². The van der Waals surface area contributed by atoms with Crippen molar-refractivity contribution in [2.75, 3.05) is 6.54 Å². The van der Waals surface area contributed by atoms with Gasteiger partial charge in [0.25, 0.3) is 5.91 Å². The molecule has 0 spiro atoms. The second-order valence-electron chi connectivity index (χ2n) is 5.47. The first kappa shape index (κ1) is 14.7. The van der Waals surface area contributed by atoms with E-state index in [1.807, 2.05) is 51.1 Å². The first-order valence-electron chi connectivity index (χ1n) is 6.47. The standard InChI is InChI=1S/C15H19N3OS/c1-10-12(13(19)17-9-15(2,3)16)20-14(18-10)11-7-5-4-6-8-11/h4-8H,9,16H2,1-3H3,(H,17,19). The summed E-state index contributed by atoms with van der Waals surface area (Å²) in [4.78, 5) is 17.3. The van der Waals surface area contributed by atoms with Crippen molar-refractivity contribution in [2.45, 2.75) is 26.3 Å². The van der Waals surface area contributed by atoms with Crippen molar-refractivity contribution in [2.24, 2.45) is 5.73 Å². The van der Waals surface area contributed by atoms with Gasteiger partial charge in [-0.15, -0.1) is 11.3 Å². The summed E-state index contributed by atoms with van der Waals surface area (Å²) in [6.45, 7) is 6.04. The molecule has 3 N–H and O–H groups in total. The third kappa shape index (κ3) is 3.65. The van der Waals surface area contributed by atoms with Crippen molar-refractivity contribution in [3.63, 3.8) is 0 Å². The Morgan fingerprint density at radius 2 is 2.00 bits per heavy atom. The maximum absolute atomic E-state index is 12.2. The van der Waals surface area contributed by atoms with Crippen LogP contribution in [0, 0.1) is 6.92 Å². The van der Waals surface area contributed by atoms with E-state index in [4.69, 9.17) is 5.73 Å². The summed E-state index contributed by atoms with van der Waals surface area (Å²) in [5, 5.41) is 3.71. The maximum Gasteiger partial charge on any atom is 0.263 e. The van der Waals surface area contributed by atoms with Crippen LogP contribution in [0.25, 0.3) is 10.6 Å². The van der Waals surface area contributed by atoms with Gasteiger partial charge in [-0.25, -0.2) is 4.98 Å². The monoisotopic (exact) mass is 289 g/mol. The molecule has 0 aliphatic heterocycles. The summed E-state index contributed by atoms with van der Waals surface area (Å²) in [5.74, 6) is -0.110. The number of thiazole rings is 1. The smallest absolute Gasteiger partial charge is 0.263 e.